The maximum absolute atomic E-state index is 12.7. The number of carbonyl (C=O) groups is 1. The molecule has 0 radical (unpaired) electrons. The fourth-order valence-electron chi connectivity index (χ4n) is 8.65. The molecule has 4 rings (SSSR count). The number of carbonyl (C=O) groups excluding carboxylic acids is 1. The van der Waals surface area contributed by atoms with Crippen LogP contribution in [-0.4, -0.2) is 46.6 Å². The van der Waals surface area contributed by atoms with Gasteiger partial charge in [-0.1, -0.05) is 22.9 Å². The first-order valence-corrected chi connectivity index (χ1v) is 12.5. The number of aliphatic hydroxyl groups is 1. The SMILES string of the molecule is COCC12CC[C@@](C)(O)CC1CCC1(N)[C@@H]3CC[C@H](C(=O)CBr)[C@@]3(C)CC[C@]21N. The van der Waals surface area contributed by atoms with Crippen LogP contribution in [-0.2, 0) is 9.53 Å². The summed E-state index contributed by atoms with van der Waals surface area (Å²) in [5, 5.41) is 11.2. The Hall–Kier alpha value is -0.0100. The van der Waals surface area contributed by atoms with Crippen LogP contribution in [0.5, 0.6) is 0 Å². The quantitative estimate of drug-likeness (QED) is 0.548. The van der Waals surface area contributed by atoms with Crippen LogP contribution in [0.1, 0.15) is 71.6 Å². The van der Waals surface area contributed by atoms with Gasteiger partial charge in [-0.15, -0.1) is 0 Å². The molecule has 4 aliphatic carbocycles. The van der Waals surface area contributed by atoms with Gasteiger partial charge >= 0.3 is 0 Å². The Morgan fingerprint density at radius 3 is 2.48 bits per heavy atom. The van der Waals surface area contributed by atoms with Gasteiger partial charge in [0, 0.05) is 29.5 Å². The van der Waals surface area contributed by atoms with E-state index in [1.165, 1.54) is 0 Å². The van der Waals surface area contributed by atoms with Crippen LogP contribution >= 0.6 is 15.9 Å². The number of rotatable bonds is 4. The maximum atomic E-state index is 12.7. The van der Waals surface area contributed by atoms with Crippen LogP contribution in [0.15, 0.2) is 0 Å². The Morgan fingerprint density at radius 2 is 1.83 bits per heavy atom. The van der Waals surface area contributed by atoms with Gasteiger partial charge in [0.25, 0.3) is 0 Å². The predicted octanol–water partition coefficient (Wildman–Crippen LogP) is 3.15. The summed E-state index contributed by atoms with van der Waals surface area (Å²) in [4.78, 5) is 12.7. The average molecular weight is 471 g/mol. The zero-order chi connectivity index (χ0) is 21.3. The third-order valence-electron chi connectivity index (χ3n) is 10.1. The fourth-order valence-corrected chi connectivity index (χ4v) is 9.04. The van der Waals surface area contributed by atoms with Gasteiger partial charge in [-0.05, 0) is 82.0 Å². The molecule has 3 unspecified atom stereocenters. The van der Waals surface area contributed by atoms with E-state index in [9.17, 15) is 9.90 Å². The molecule has 5 N–H and O–H groups in total. The van der Waals surface area contributed by atoms with Crippen LogP contribution < -0.4 is 11.5 Å². The monoisotopic (exact) mass is 470 g/mol. The van der Waals surface area contributed by atoms with Gasteiger partial charge in [0.05, 0.1) is 17.5 Å². The summed E-state index contributed by atoms with van der Waals surface area (Å²) in [5.74, 6) is 0.995. The first-order valence-electron chi connectivity index (χ1n) is 11.4. The lowest BCUT2D eigenvalue weighted by atomic mass is 9.37. The second kappa shape index (κ2) is 6.99. The van der Waals surface area contributed by atoms with Gasteiger partial charge < -0.3 is 21.3 Å². The minimum atomic E-state index is -0.628. The number of ether oxygens (including phenoxy) is 1. The van der Waals surface area contributed by atoms with Crippen molar-refractivity contribution in [1.82, 2.24) is 0 Å². The van der Waals surface area contributed by atoms with Crippen LogP contribution in [0.25, 0.3) is 0 Å². The van der Waals surface area contributed by atoms with E-state index < -0.39 is 16.7 Å². The van der Waals surface area contributed by atoms with Gasteiger partial charge in [-0.3, -0.25) is 4.79 Å². The predicted molar refractivity (Wildman–Crippen MR) is 118 cm³/mol. The summed E-state index contributed by atoms with van der Waals surface area (Å²) >= 11 is 3.40. The maximum Gasteiger partial charge on any atom is 0.147 e. The summed E-state index contributed by atoms with van der Waals surface area (Å²) in [5.41, 5.74) is 12.9. The standard InChI is InChI=1S/C23H39BrN2O3/c1-19(28)8-10-21(14-29-3)15(12-19)6-7-22(25)18-5-4-16(17(27)13-24)20(18,2)9-11-23(21,22)26/h15-16,18,28H,4-14,25-26H2,1-3H3/t15?,16-,18-,19-,20-,21?,22?,23+/m1/s1. The zero-order valence-electron chi connectivity index (χ0n) is 18.3. The van der Waals surface area contributed by atoms with E-state index in [0.717, 1.165) is 57.8 Å². The van der Waals surface area contributed by atoms with E-state index in [-0.39, 0.29) is 22.7 Å². The van der Waals surface area contributed by atoms with Crippen molar-refractivity contribution in [2.24, 2.45) is 40.1 Å². The molecule has 4 aliphatic rings. The molecule has 6 heteroatoms. The van der Waals surface area contributed by atoms with Crippen molar-refractivity contribution in [2.75, 3.05) is 19.0 Å². The Bertz CT molecular complexity index is 687. The minimum absolute atomic E-state index is 0.0657. The summed E-state index contributed by atoms with van der Waals surface area (Å²) in [7, 11) is 1.77. The number of alkyl halides is 1. The molecule has 4 saturated carbocycles. The Kier molecular flexibility index (Phi) is 5.35. The van der Waals surface area contributed by atoms with Crippen molar-refractivity contribution < 1.29 is 14.6 Å². The second-order valence-electron chi connectivity index (χ2n) is 11.3. The van der Waals surface area contributed by atoms with Crippen molar-refractivity contribution in [3.8, 4) is 0 Å². The number of halogens is 1. The van der Waals surface area contributed by atoms with Crippen LogP contribution in [0.3, 0.4) is 0 Å². The fraction of sp³-hybridized carbons (Fsp3) is 0.957. The van der Waals surface area contributed by atoms with Crippen molar-refractivity contribution in [3.63, 3.8) is 0 Å². The number of nitrogens with two attached hydrogens (primary N) is 2. The highest BCUT2D eigenvalue weighted by Crippen LogP contribution is 2.69. The largest absolute Gasteiger partial charge is 0.390 e. The Labute approximate surface area is 183 Å². The zero-order valence-corrected chi connectivity index (χ0v) is 19.9. The van der Waals surface area contributed by atoms with Crippen molar-refractivity contribution in [1.29, 1.82) is 0 Å². The highest BCUT2D eigenvalue weighted by Gasteiger charge is 2.73. The number of hydrogen-bond acceptors (Lipinski definition) is 5. The van der Waals surface area contributed by atoms with Crippen LogP contribution in [0.4, 0.5) is 0 Å². The summed E-state index contributed by atoms with van der Waals surface area (Å²) in [6.07, 6.45) is 7.95. The van der Waals surface area contributed by atoms with Gasteiger partial charge in [0.2, 0.25) is 0 Å². The summed E-state index contributed by atoms with van der Waals surface area (Å²) in [6.45, 7) is 4.86. The molecule has 0 aromatic heterocycles. The molecule has 0 aromatic rings. The molecule has 0 heterocycles. The lowest BCUT2D eigenvalue weighted by Gasteiger charge is -2.71. The molecule has 0 saturated heterocycles. The van der Waals surface area contributed by atoms with E-state index in [4.69, 9.17) is 16.2 Å². The summed E-state index contributed by atoms with van der Waals surface area (Å²) < 4.78 is 5.80. The highest BCUT2D eigenvalue weighted by atomic mass is 79.9. The smallest absolute Gasteiger partial charge is 0.147 e. The molecule has 5 nitrogen and oxygen atoms in total. The van der Waals surface area contributed by atoms with Crippen molar-refractivity contribution in [2.45, 2.75) is 88.3 Å². The number of hydrogen-bond donors (Lipinski definition) is 3. The molecule has 0 bridgehead atoms. The lowest BCUT2D eigenvalue weighted by Crippen LogP contribution is -2.83. The Balaban J connectivity index is 1.76. The van der Waals surface area contributed by atoms with Gasteiger partial charge in [-0.2, -0.15) is 0 Å². The molecule has 166 valence electrons. The van der Waals surface area contributed by atoms with Crippen LogP contribution in [0.2, 0.25) is 0 Å². The molecule has 0 aromatic carbocycles. The second-order valence-corrected chi connectivity index (χ2v) is 11.9. The molecular weight excluding hydrogens is 432 g/mol. The number of methoxy groups -OCH3 is 1. The van der Waals surface area contributed by atoms with Gasteiger partial charge in [-0.25, -0.2) is 0 Å². The van der Waals surface area contributed by atoms with Gasteiger partial charge in [0.1, 0.15) is 5.78 Å². The van der Waals surface area contributed by atoms with Crippen molar-refractivity contribution in [3.05, 3.63) is 0 Å². The summed E-state index contributed by atoms with van der Waals surface area (Å²) in [6, 6.07) is 0. The molecule has 0 aliphatic heterocycles. The third-order valence-corrected chi connectivity index (χ3v) is 10.7. The molecule has 29 heavy (non-hydrogen) atoms. The van der Waals surface area contributed by atoms with Gasteiger partial charge in [0.15, 0.2) is 0 Å². The van der Waals surface area contributed by atoms with E-state index in [1.54, 1.807) is 7.11 Å². The molecule has 4 fully saturated rings. The Morgan fingerprint density at radius 1 is 1.10 bits per heavy atom. The molecule has 0 amide bonds. The molecule has 0 spiro atoms. The molecule has 8 atom stereocenters. The number of Topliss-reactive ketones (excluding diaryl/α,β-unsaturated/α-hetero) is 1. The molecular formula is C23H39BrN2O3. The van der Waals surface area contributed by atoms with Crippen molar-refractivity contribution >= 4 is 21.7 Å². The number of ketones is 1. The lowest BCUT2D eigenvalue weighted by molar-refractivity contribution is -0.195. The normalized spacial score (nSPS) is 54.4. The first kappa shape index (κ1) is 22.2. The average Bonchev–Trinajstić information content (AvgIpc) is 3.02. The highest BCUT2D eigenvalue weighted by molar-refractivity contribution is 9.09. The van der Waals surface area contributed by atoms with E-state index in [1.807, 2.05) is 6.92 Å². The van der Waals surface area contributed by atoms with E-state index in [0.29, 0.717) is 23.6 Å². The first-order chi connectivity index (χ1) is 13.5. The topological polar surface area (TPSA) is 98.6 Å². The number of fused-ring (bicyclic) bond motifs is 5. The van der Waals surface area contributed by atoms with Crippen LogP contribution in [0, 0.1) is 28.6 Å². The third kappa shape index (κ3) is 2.81. The van der Waals surface area contributed by atoms with E-state index >= 15 is 0 Å². The minimum Gasteiger partial charge on any atom is -0.390 e. The van der Waals surface area contributed by atoms with E-state index in [2.05, 4.69) is 22.9 Å².